The van der Waals surface area contributed by atoms with Crippen molar-refractivity contribution < 1.29 is 8.42 Å². The van der Waals surface area contributed by atoms with Gasteiger partial charge in [-0.3, -0.25) is 0 Å². The second-order valence-corrected chi connectivity index (χ2v) is 7.93. The highest BCUT2D eigenvalue weighted by atomic mass is 32.2. The van der Waals surface area contributed by atoms with Crippen LogP contribution < -0.4 is 0 Å². The molecule has 1 unspecified atom stereocenters. The second-order valence-electron chi connectivity index (χ2n) is 6.12. The molecule has 0 aliphatic carbocycles. The van der Waals surface area contributed by atoms with E-state index in [1.54, 1.807) is 11.4 Å². The van der Waals surface area contributed by atoms with Gasteiger partial charge in [-0.2, -0.15) is 4.31 Å². The number of hydrogen-bond donors (Lipinski definition) is 0. The zero-order valence-corrected chi connectivity index (χ0v) is 14.3. The van der Waals surface area contributed by atoms with E-state index in [4.69, 9.17) is 0 Å². The van der Waals surface area contributed by atoms with Crippen molar-refractivity contribution in [3.63, 3.8) is 0 Å². The first-order valence-corrected chi connectivity index (χ1v) is 9.35. The lowest BCUT2D eigenvalue weighted by Gasteiger charge is -2.37. The number of aromatic nitrogens is 3. The number of benzene rings is 1. The van der Waals surface area contributed by atoms with Crippen LogP contribution in [0.1, 0.15) is 31.7 Å². The minimum absolute atomic E-state index is 0.158. The minimum atomic E-state index is -3.59. The van der Waals surface area contributed by atoms with Crippen molar-refractivity contribution in [2.45, 2.75) is 43.2 Å². The summed E-state index contributed by atoms with van der Waals surface area (Å²) in [4.78, 5) is 0. The highest BCUT2D eigenvalue weighted by Crippen LogP contribution is 2.39. The standard InChI is InChI=1S/C16H22N4O2S/c1-3-16(12-14-8-5-4-6-9-14)10-7-11-20(16)23(21,22)15-13-17-18-19(15)2/h4-6,8-9,13H,3,7,10-12H2,1-2H3. The Balaban J connectivity index is 1.99. The SMILES string of the molecule is CCC1(Cc2ccccc2)CCCN1S(=O)(=O)c1cnnn1C. The molecule has 0 bridgehead atoms. The molecule has 3 rings (SSSR count). The highest BCUT2D eigenvalue weighted by molar-refractivity contribution is 7.89. The van der Waals surface area contributed by atoms with E-state index < -0.39 is 10.0 Å². The molecule has 2 aromatic rings. The predicted molar refractivity (Wildman–Crippen MR) is 87.3 cm³/mol. The Morgan fingerprint density at radius 2 is 2.00 bits per heavy atom. The number of rotatable bonds is 5. The molecule has 0 spiro atoms. The van der Waals surface area contributed by atoms with Gasteiger partial charge in [0.1, 0.15) is 0 Å². The largest absolute Gasteiger partial charge is 0.262 e. The molecule has 23 heavy (non-hydrogen) atoms. The third-order valence-corrected chi connectivity index (χ3v) is 6.84. The van der Waals surface area contributed by atoms with Crippen LogP contribution in [0.3, 0.4) is 0 Å². The minimum Gasteiger partial charge on any atom is -0.236 e. The maximum absolute atomic E-state index is 13.1. The first-order chi connectivity index (χ1) is 11.0. The van der Waals surface area contributed by atoms with Crippen LogP contribution in [-0.4, -0.2) is 39.8 Å². The Hall–Kier alpha value is -1.73. The second kappa shape index (κ2) is 6.05. The van der Waals surface area contributed by atoms with E-state index in [1.165, 1.54) is 16.4 Å². The van der Waals surface area contributed by atoms with Gasteiger partial charge in [-0.05, 0) is 31.2 Å². The summed E-state index contributed by atoms with van der Waals surface area (Å²) in [6, 6.07) is 10.1. The van der Waals surface area contributed by atoms with Crippen LogP contribution in [0.25, 0.3) is 0 Å². The van der Waals surface area contributed by atoms with Gasteiger partial charge in [-0.1, -0.05) is 42.5 Å². The molecule has 1 atom stereocenters. The van der Waals surface area contributed by atoms with Gasteiger partial charge in [0.2, 0.25) is 0 Å². The Labute approximate surface area is 137 Å². The Morgan fingerprint density at radius 3 is 2.61 bits per heavy atom. The summed E-state index contributed by atoms with van der Waals surface area (Å²) >= 11 is 0. The fourth-order valence-electron chi connectivity index (χ4n) is 3.55. The van der Waals surface area contributed by atoms with Crippen LogP contribution >= 0.6 is 0 Å². The van der Waals surface area contributed by atoms with Gasteiger partial charge in [-0.15, -0.1) is 5.10 Å². The normalized spacial score (nSPS) is 22.5. The van der Waals surface area contributed by atoms with E-state index in [0.717, 1.165) is 25.7 Å². The average molecular weight is 334 g/mol. The lowest BCUT2D eigenvalue weighted by atomic mass is 9.87. The summed E-state index contributed by atoms with van der Waals surface area (Å²) < 4.78 is 29.2. The third kappa shape index (κ3) is 2.79. The zero-order valence-electron chi connectivity index (χ0n) is 13.5. The predicted octanol–water partition coefficient (Wildman–Crippen LogP) is 1.99. The third-order valence-electron chi connectivity index (χ3n) is 4.79. The molecular weight excluding hydrogens is 312 g/mol. The fourth-order valence-corrected chi connectivity index (χ4v) is 5.49. The van der Waals surface area contributed by atoms with Crippen LogP contribution in [-0.2, 0) is 23.5 Å². The molecular formula is C16H22N4O2S. The average Bonchev–Trinajstić information content (AvgIpc) is 3.16. The zero-order chi connectivity index (χ0) is 16.5. The van der Waals surface area contributed by atoms with E-state index in [2.05, 4.69) is 29.4 Å². The number of aryl methyl sites for hydroxylation is 1. The van der Waals surface area contributed by atoms with Crippen molar-refractivity contribution in [2.24, 2.45) is 7.05 Å². The molecule has 1 aliphatic heterocycles. The lowest BCUT2D eigenvalue weighted by molar-refractivity contribution is 0.228. The molecule has 1 aromatic carbocycles. The number of nitrogens with zero attached hydrogens (tertiary/aromatic N) is 4. The molecule has 6 nitrogen and oxygen atoms in total. The molecule has 0 radical (unpaired) electrons. The van der Waals surface area contributed by atoms with Crippen molar-refractivity contribution in [3.05, 3.63) is 42.1 Å². The van der Waals surface area contributed by atoms with E-state index in [0.29, 0.717) is 6.54 Å². The van der Waals surface area contributed by atoms with Gasteiger partial charge in [0.25, 0.3) is 10.0 Å². The van der Waals surface area contributed by atoms with Crippen LogP contribution in [0.5, 0.6) is 0 Å². The molecule has 1 saturated heterocycles. The summed E-state index contributed by atoms with van der Waals surface area (Å²) in [6.45, 7) is 2.62. The quantitative estimate of drug-likeness (QED) is 0.838. The van der Waals surface area contributed by atoms with E-state index in [1.807, 2.05) is 18.2 Å². The van der Waals surface area contributed by atoms with E-state index in [9.17, 15) is 8.42 Å². The molecule has 1 aromatic heterocycles. The van der Waals surface area contributed by atoms with Crippen LogP contribution in [0.2, 0.25) is 0 Å². The summed E-state index contributed by atoms with van der Waals surface area (Å²) in [7, 11) is -1.98. The maximum atomic E-state index is 13.1. The summed E-state index contributed by atoms with van der Waals surface area (Å²) in [6.07, 6.45) is 4.60. The number of sulfonamides is 1. The van der Waals surface area contributed by atoms with Crippen molar-refractivity contribution >= 4 is 10.0 Å². The molecule has 2 heterocycles. The van der Waals surface area contributed by atoms with Crippen LogP contribution in [0.4, 0.5) is 0 Å². The molecule has 0 N–H and O–H groups in total. The van der Waals surface area contributed by atoms with Crippen molar-refractivity contribution in [1.29, 1.82) is 0 Å². The van der Waals surface area contributed by atoms with Gasteiger partial charge in [0, 0.05) is 19.1 Å². The lowest BCUT2D eigenvalue weighted by Crippen LogP contribution is -2.48. The fraction of sp³-hybridized carbons (Fsp3) is 0.500. The topological polar surface area (TPSA) is 68.1 Å². The summed E-state index contributed by atoms with van der Waals surface area (Å²) in [5.74, 6) is 0. The van der Waals surface area contributed by atoms with Crippen LogP contribution in [0.15, 0.2) is 41.6 Å². The van der Waals surface area contributed by atoms with Gasteiger partial charge in [-0.25, -0.2) is 13.1 Å². The van der Waals surface area contributed by atoms with E-state index >= 15 is 0 Å². The Bertz CT molecular complexity index is 772. The van der Waals surface area contributed by atoms with Gasteiger partial charge in [0.05, 0.1) is 6.20 Å². The summed E-state index contributed by atoms with van der Waals surface area (Å²) in [5.41, 5.74) is 0.796. The van der Waals surface area contributed by atoms with Crippen molar-refractivity contribution in [2.75, 3.05) is 6.54 Å². The molecule has 1 fully saturated rings. The first kappa shape index (κ1) is 16.1. The van der Waals surface area contributed by atoms with Gasteiger partial charge >= 0.3 is 0 Å². The molecule has 0 saturated carbocycles. The van der Waals surface area contributed by atoms with E-state index in [-0.39, 0.29) is 10.6 Å². The monoisotopic (exact) mass is 334 g/mol. The maximum Gasteiger partial charge on any atom is 0.262 e. The smallest absolute Gasteiger partial charge is 0.236 e. The Morgan fingerprint density at radius 1 is 1.26 bits per heavy atom. The molecule has 0 amide bonds. The van der Waals surface area contributed by atoms with Gasteiger partial charge in [0.15, 0.2) is 5.03 Å². The Kier molecular flexibility index (Phi) is 4.25. The van der Waals surface area contributed by atoms with Crippen molar-refractivity contribution in [1.82, 2.24) is 19.3 Å². The molecule has 7 heteroatoms. The number of hydrogen-bond acceptors (Lipinski definition) is 4. The molecule has 124 valence electrons. The van der Waals surface area contributed by atoms with Gasteiger partial charge < -0.3 is 0 Å². The highest BCUT2D eigenvalue weighted by Gasteiger charge is 2.47. The summed E-state index contributed by atoms with van der Waals surface area (Å²) in [5, 5.41) is 7.65. The first-order valence-electron chi connectivity index (χ1n) is 7.91. The van der Waals surface area contributed by atoms with Crippen molar-refractivity contribution in [3.8, 4) is 0 Å². The molecule has 1 aliphatic rings. The van der Waals surface area contributed by atoms with Crippen LogP contribution in [0, 0.1) is 0 Å².